The van der Waals surface area contributed by atoms with Crippen molar-refractivity contribution in [3.63, 3.8) is 0 Å². The van der Waals surface area contributed by atoms with E-state index in [2.05, 4.69) is 5.32 Å². The van der Waals surface area contributed by atoms with Crippen LogP contribution in [0.1, 0.15) is 41.3 Å². The Labute approximate surface area is 215 Å². The zero-order valence-electron chi connectivity index (χ0n) is 20.0. The van der Waals surface area contributed by atoms with Crippen molar-refractivity contribution in [3.05, 3.63) is 88.5 Å². The number of unbranched alkanes of at least 4 members (excludes halogenated alkanes) is 1. The average Bonchev–Trinajstić information content (AvgIpc) is 2.86. The molecule has 0 fully saturated rings. The third-order valence-electron chi connectivity index (χ3n) is 5.84. The van der Waals surface area contributed by atoms with E-state index in [1.807, 2.05) is 6.92 Å². The topological polar surface area (TPSA) is 58.6 Å². The second-order valence-electron chi connectivity index (χ2n) is 8.40. The summed E-state index contributed by atoms with van der Waals surface area (Å²) in [6.07, 6.45) is 1.73. The van der Waals surface area contributed by atoms with Crippen molar-refractivity contribution in [2.24, 2.45) is 0 Å². The molecule has 0 aromatic heterocycles. The number of nitrogens with one attached hydrogen (secondary N) is 1. The van der Waals surface area contributed by atoms with Gasteiger partial charge in [-0.2, -0.15) is 0 Å². The van der Waals surface area contributed by atoms with Crippen LogP contribution in [-0.4, -0.2) is 24.2 Å². The van der Waals surface area contributed by atoms with Crippen molar-refractivity contribution in [2.45, 2.75) is 37.8 Å². The predicted molar refractivity (Wildman–Crippen MR) is 133 cm³/mol. The van der Waals surface area contributed by atoms with Crippen LogP contribution in [0.15, 0.2) is 53.4 Å². The fourth-order valence-electron chi connectivity index (χ4n) is 3.84. The highest BCUT2D eigenvalue weighted by Gasteiger charge is 2.28. The standard InChI is InChI=1S/C27H24F4N2O3S/c1-2-3-9-36-24-6-4-5-20(29)19(24)14-33-23-8-7-16(10-25(23)37-15-26(33)34)27(35)32-13-18-21(30)11-17(28)12-22(18)31/h4-8,10-12H,2-3,9,13-15H2,1H3,(H,32,35). The van der Waals surface area contributed by atoms with Crippen LogP contribution < -0.4 is 15.0 Å². The van der Waals surface area contributed by atoms with E-state index >= 15 is 0 Å². The van der Waals surface area contributed by atoms with Gasteiger partial charge in [0, 0.05) is 40.3 Å². The van der Waals surface area contributed by atoms with Crippen LogP contribution in [0.5, 0.6) is 5.75 Å². The number of ether oxygens (including phenoxy) is 1. The SMILES string of the molecule is CCCCOc1cccc(F)c1CN1C(=O)CSc2cc(C(=O)NCc3c(F)cc(F)cc3F)ccc21. The van der Waals surface area contributed by atoms with Crippen molar-refractivity contribution < 1.29 is 31.9 Å². The van der Waals surface area contributed by atoms with Gasteiger partial charge >= 0.3 is 0 Å². The Morgan fingerprint density at radius 2 is 1.78 bits per heavy atom. The van der Waals surface area contributed by atoms with Crippen LogP contribution in [0, 0.1) is 23.3 Å². The van der Waals surface area contributed by atoms with Gasteiger partial charge in [-0.3, -0.25) is 9.59 Å². The maximum Gasteiger partial charge on any atom is 0.251 e. The molecule has 10 heteroatoms. The van der Waals surface area contributed by atoms with Crippen molar-refractivity contribution >= 4 is 29.3 Å². The fourth-order valence-corrected chi connectivity index (χ4v) is 4.81. The first-order chi connectivity index (χ1) is 17.8. The molecule has 1 aliphatic rings. The summed E-state index contributed by atoms with van der Waals surface area (Å²) in [5.74, 6) is -4.10. The Balaban J connectivity index is 1.53. The number of carbonyl (C=O) groups is 2. The minimum Gasteiger partial charge on any atom is -0.493 e. The number of benzene rings is 3. The number of hydrogen-bond acceptors (Lipinski definition) is 4. The summed E-state index contributed by atoms with van der Waals surface area (Å²) in [6, 6.07) is 10.2. The zero-order valence-corrected chi connectivity index (χ0v) is 20.8. The Kier molecular flexibility index (Phi) is 8.38. The first kappa shape index (κ1) is 26.5. The lowest BCUT2D eigenvalue weighted by molar-refractivity contribution is -0.116. The number of carbonyl (C=O) groups excluding carboxylic acids is 2. The Morgan fingerprint density at radius 1 is 1.03 bits per heavy atom. The summed E-state index contributed by atoms with van der Waals surface area (Å²) in [5, 5.41) is 2.42. The maximum atomic E-state index is 14.7. The molecule has 37 heavy (non-hydrogen) atoms. The molecule has 3 aromatic carbocycles. The summed E-state index contributed by atoms with van der Waals surface area (Å²) < 4.78 is 61.4. The molecule has 0 saturated heterocycles. The summed E-state index contributed by atoms with van der Waals surface area (Å²) >= 11 is 1.23. The van der Waals surface area contributed by atoms with Crippen molar-refractivity contribution in [1.29, 1.82) is 0 Å². The lowest BCUT2D eigenvalue weighted by Crippen LogP contribution is -2.35. The Hall–Kier alpha value is -3.53. The van der Waals surface area contributed by atoms with Gasteiger partial charge in [-0.1, -0.05) is 19.4 Å². The monoisotopic (exact) mass is 532 g/mol. The smallest absolute Gasteiger partial charge is 0.251 e. The van der Waals surface area contributed by atoms with Gasteiger partial charge in [0.1, 0.15) is 29.0 Å². The van der Waals surface area contributed by atoms with Gasteiger partial charge in [0.2, 0.25) is 5.91 Å². The van der Waals surface area contributed by atoms with E-state index in [1.165, 1.54) is 28.8 Å². The van der Waals surface area contributed by atoms with Crippen LogP contribution in [0.4, 0.5) is 23.2 Å². The van der Waals surface area contributed by atoms with E-state index in [1.54, 1.807) is 24.3 Å². The van der Waals surface area contributed by atoms with E-state index < -0.39 is 41.3 Å². The first-order valence-electron chi connectivity index (χ1n) is 11.7. The molecule has 0 aliphatic carbocycles. The molecule has 1 aliphatic heterocycles. The number of anilines is 1. The van der Waals surface area contributed by atoms with Gasteiger partial charge < -0.3 is 15.0 Å². The van der Waals surface area contributed by atoms with Gasteiger partial charge in [-0.25, -0.2) is 17.6 Å². The summed E-state index contributed by atoms with van der Waals surface area (Å²) in [5.41, 5.74) is 0.518. The quantitative estimate of drug-likeness (QED) is 0.272. The lowest BCUT2D eigenvalue weighted by Gasteiger charge is -2.30. The van der Waals surface area contributed by atoms with Crippen LogP contribution in [0.25, 0.3) is 0 Å². The molecule has 2 amide bonds. The highest BCUT2D eigenvalue weighted by atomic mass is 32.2. The molecular formula is C27H24F4N2O3S. The van der Waals surface area contributed by atoms with Gasteiger partial charge in [-0.05, 0) is 36.8 Å². The Morgan fingerprint density at radius 3 is 2.51 bits per heavy atom. The van der Waals surface area contributed by atoms with Gasteiger partial charge in [0.15, 0.2) is 0 Å². The highest BCUT2D eigenvalue weighted by Crippen LogP contribution is 2.38. The molecule has 1 N–H and O–H groups in total. The summed E-state index contributed by atoms with van der Waals surface area (Å²) in [7, 11) is 0. The zero-order chi connectivity index (χ0) is 26.5. The molecule has 0 bridgehead atoms. The molecule has 4 rings (SSSR count). The fraction of sp³-hybridized carbons (Fsp3) is 0.259. The third-order valence-corrected chi connectivity index (χ3v) is 6.87. The van der Waals surface area contributed by atoms with Crippen LogP contribution in [0.2, 0.25) is 0 Å². The number of nitrogens with zero attached hydrogens (tertiary/aromatic N) is 1. The van der Waals surface area contributed by atoms with Gasteiger partial charge in [0.25, 0.3) is 5.91 Å². The van der Waals surface area contributed by atoms with Crippen LogP contribution in [-0.2, 0) is 17.9 Å². The molecule has 0 spiro atoms. The van der Waals surface area contributed by atoms with E-state index in [0.717, 1.165) is 12.8 Å². The van der Waals surface area contributed by atoms with Crippen molar-refractivity contribution in [1.82, 2.24) is 5.32 Å². The van der Waals surface area contributed by atoms with E-state index in [9.17, 15) is 27.2 Å². The normalized spacial score (nSPS) is 12.9. The van der Waals surface area contributed by atoms with E-state index in [0.29, 0.717) is 35.1 Å². The van der Waals surface area contributed by atoms with E-state index in [4.69, 9.17) is 4.74 Å². The van der Waals surface area contributed by atoms with Crippen LogP contribution >= 0.6 is 11.8 Å². The van der Waals surface area contributed by atoms with E-state index in [-0.39, 0.29) is 29.3 Å². The molecule has 3 aromatic rings. The van der Waals surface area contributed by atoms with Crippen molar-refractivity contribution in [3.8, 4) is 5.75 Å². The second kappa shape index (κ2) is 11.7. The maximum absolute atomic E-state index is 14.7. The first-order valence-corrected chi connectivity index (χ1v) is 12.7. The third kappa shape index (κ3) is 6.07. The minimum atomic E-state index is -1.10. The predicted octanol–water partition coefficient (Wildman–Crippen LogP) is 5.99. The Bertz CT molecular complexity index is 1310. The number of rotatable bonds is 9. The number of hydrogen-bond donors (Lipinski definition) is 1. The van der Waals surface area contributed by atoms with Gasteiger partial charge in [0.05, 0.1) is 24.6 Å². The second-order valence-corrected chi connectivity index (χ2v) is 9.42. The molecule has 1 heterocycles. The number of halogens is 4. The summed E-state index contributed by atoms with van der Waals surface area (Å²) in [4.78, 5) is 27.5. The molecular weight excluding hydrogens is 508 g/mol. The highest BCUT2D eigenvalue weighted by molar-refractivity contribution is 8.00. The lowest BCUT2D eigenvalue weighted by atomic mass is 10.1. The molecule has 0 radical (unpaired) electrons. The minimum absolute atomic E-state index is 0.0464. The average molecular weight is 533 g/mol. The molecule has 0 saturated carbocycles. The largest absolute Gasteiger partial charge is 0.493 e. The number of amides is 2. The molecule has 194 valence electrons. The van der Waals surface area contributed by atoms with Crippen LogP contribution in [0.3, 0.4) is 0 Å². The number of thioether (sulfide) groups is 1. The van der Waals surface area contributed by atoms with Crippen molar-refractivity contribution in [2.75, 3.05) is 17.3 Å². The summed E-state index contributed by atoms with van der Waals surface area (Å²) in [6.45, 7) is 1.93. The molecule has 0 unspecified atom stereocenters. The molecule has 5 nitrogen and oxygen atoms in total. The number of fused-ring (bicyclic) bond motifs is 1. The van der Waals surface area contributed by atoms with Gasteiger partial charge in [-0.15, -0.1) is 11.8 Å². The molecule has 0 atom stereocenters.